The Morgan fingerprint density at radius 1 is 1.47 bits per heavy atom. The van der Waals surface area contributed by atoms with Gasteiger partial charge >= 0.3 is 0 Å². The number of aromatic nitrogens is 4. The molecule has 2 heterocycles. The second-order valence-electron chi connectivity index (χ2n) is 4.54. The van der Waals surface area contributed by atoms with Crippen molar-refractivity contribution in [3.63, 3.8) is 0 Å². The van der Waals surface area contributed by atoms with E-state index in [0.29, 0.717) is 11.5 Å². The number of nitrogens with zero attached hydrogens (tertiary/aromatic N) is 3. The minimum atomic E-state index is -0.214. The Labute approximate surface area is 111 Å². The van der Waals surface area contributed by atoms with Crippen LogP contribution in [0, 0.1) is 0 Å². The van der Waals surface area contributed by atoms with Crippen LogP contribution in [-0.4, -0.2) is 26.1 Å². The third-order valence-corrected chi connectivity index (χ3v) is 2.80. The molecule has 0 fully saturated rings. The largest absolute Gasteiger partial charge is 0.289 e. The first-order chi connectivity index (χ1) is 9.11. The number of amides is 1. The highest BCUT2D eigenvalue weighted by molar-refractivity contribution is 6.04. The zero-order valence-corrected chi connectivity index (χ0v) is 11.3. The van der Waals surface area contributed by atoms with Crippen molar-refractivity contribution in [3.05, 3.63) is 35.4 Å². The second-order valence-corrected chi connectivity index (χ2v) is 4.54. The van der Waals surface area contributed by atoms with Crippen LogP contribution in [0.2, 0.25) is 0 Å². The van der Waals surface area contributed by atoms with Gasteiger partial charge in [0.15, 0.2) is 0 Å². The van der Waals surface area contributed by atoms with Crippen LogP contribution in [0.3, 0.4) is 0 Å². The number of aryl methyl sites for hydroxylation is 1. The van der Waals surface area contributed by atoms with Crippen LogP contribution in [0.1, 0.15) is 48.4 Å². The van der Waals surface area contributed by atoms with Crippen LogP contribution in [0.5, 0.6) is 0 Å². The van der Waals surface area contributed by atoms with Crippen molar-refractivity contribution in [1.82, 2.24) is 20.2 Å². The number of rotatable bonds is 4. The molecular weight excluding hydrogens is 242 g/mol. The smallest absolute Gasteiger partial charge is 0.258 e. The van der Waals surface area contributed by atoms with E-state index in [-0.39, 0.29) is 11.8 Å². The molecule has 0 unspecified atom stereocenters. The average molecular weight is 259 g/mol. The predicted molar refractivity (Wildman–Crippen MR) is 72.0 cm³/mol. The maximum Gasteiger partial charge on any atom is 0.258 e. The van der Waals surface area contributed by atoms with Gasteiger partial charge in [-0.2, -0.15) is 4.98 Å². The van der Waals surface area contributed by atoms with Crippen LogP contribution in [-0.2, 0) is 6.42 Å². The van der Waals surface area contributed by atoms with Gasteiger partial charge in [0.2, 0.25) is 5.95 Å². The molecule has 0 spiro atoms. The molecule has 2 N–H and O–H groups in total. The number of anilines is 1. The predicted octanol–water partition coefficient (Wildman–Crippen LogP) is 2.14. The molecule has 0 radical (unpaired) electrons. The van der Waals surface area contributed by atoms with E-state index in [4.69, 9.17) is 0 Å². The lowest BCUT2D eigenvalue weighted by Gasteiger charge is -2.05. The van der Waals surface area contributed by atoms with Gasteiger partial charge in [0.25, 0.3) is 5.91 Å². The van der Waals surface area contributed by atoms with E-state index in [9.17, 15) is 4.79 Å². The summed E-state index contributed by atoms with van der Waals surface area (Å²) in [5, 5.41) is 9.47. The molecule has 6 heteroatoms. The molecule has 0 aliphatic rings. The molecule has 0 atom stereocenters. The summed E-state index contributed by atoms with van der Waals surface area (Å²) in [6, 6.07) is 1.70. The van der Waals surface area contributed by atoms with Crippen molar-refractivity contribution in [3.8, 4) is 0 Å². The van der Waals surface area contributed by atoms with E-state index in [1.165, 1.54) is 0 Å². The molecule has 0 aliphatic heterocycles. The zero-order valence-electron chi connectivity index (χ0n) is 11.3. The van der Waals surface area contributed by atoms with Crippen molar-refractivity contribution >= 4 is 11.9 Å². The summed E-state index contributed by atoms with van der Waals surface area (Å²) in [7, 11) is 0. The van der Waals surface area contributed by atoms with Crippen molar-refractivity contribution in [2.75, 3.05) is 5.32 Å². The Bertz CT molecular complexity index is 576. The number of hydrogen-bond acceptors (Lipinski definition) is 4. The zero-order chi connectivity index (χ0) is 13.8. The Morgan fingerprint density at radius 3 is 2.89 bits per heavy atom. The summed E-state index contributed by atoms with van der Waals surface area (Å²) in [5.74, 6) is 1.08. The van der Waals surface area contributed by atoms with Gasteiger partial charge in [-0.05, 0) is 18.1 Å². The first-order valence-electron chi connectivity index (χ1n) is 6.28. The van der Waals surface area contributed by atoms with Crippen LogP contribution >= 0.6 is 0 Å². The summed E-state index contributed by atoms with van der Waals surface area (Å²) >= 11 is 0. The van der Waals surface area contributed by atoms with E-state index in [1.807, 2.05) is 20.8 Å². The molecular formula is C13H17N5O. The Hall–Kier alpha value is -2.24. The number of carbonyl (C=O) groups excluding carboxylic acids is 1. The van der Waals surface area contributed by atoms with E-state index >= 15 is 0 Å². The summed E-state index contributed by atoms with van der Waals surface area (Å²) in [6.45, 7) is 5.99. The van der Waals surface area contributed by atoms with Crippen molar-refractivity contribution in [2.45, 2.75) is 33.1 Å². The van der Waals surface area contributed by atoms with E-state index in [1.54, 1.807) is 18.5 Å². The number of aromatic amines is 1. The Kier molecular flexibility index (Phi) is 3.89. The van der Waals surface area contributed by atoms with Gasteiger partial charge in [-0.1, -0.05) is 20.8 Å². The van der Waals surface area contributed by atoms with E-state index in [2.05, 4.69) is 25.5 Å². The lowest BCUT2D eigenvalue weighted by atomic mass is 10.1. The summed E-state index contributed by atoms with van der Waals surface area (Å²) < 4.78 is 0. The topological polar surface area (TPSA) is 83.6 Å². The van der Waals surface area contributed by atoms with E-state index in [0.717, 1.165) is 17.8 Å². The maximum absolute atomic E-state index is 12.1. The van der Waals surface area contributed by atoms with Gasteiger partial charge in [-0.15, -0.1) is 5.10 Å². The molecule has 1 amide bonds. The number of hydrogen-bond donors (Lipinski definition) is 2. The highest BCUT2D eigenvalue weighted by atomic mass is 16.1. The molecule has 2 rings (SSSR count). The minimum Gasteiger partial charge on any atom is -0.289 e. The quantitative estimate of drug-likeness (QED) is 0.881. The number of carbonyl (C=O) groups is 1. The fourth-order valence-corrected chi connectivity index (χ4v) is 1.69. The molecule has 100 valence electrons. The SMILES string of the molecule is CCc1cnccc1C(=O)Nc1n[nH]c(C(C)C)n1. The van der Waals surface area contributed by atoms with Crippen LogP contribution in [0.4, 0.5) is 5.95 Å². The number of nitrogens with one attached hydrogen (secondary N) is 2. The summed E-state index contributed by atoms with van der Waals surface area (Å²) in [5.41, 5.74) is 1.51. The highest BCUT2D eigenvalue weighted by Crippen LogP contribution is 2.12. The van der Waals surface area contributed by atoms with Crippen molar-refractivity contribution in [1.29, 1.82) is 0 Å². The fourth-order valence-electron chi connectivity index (χ4n) is 1.69. The molecule has 0 saturated carbocycles. The van der Waals surface area contributed by atoms with Gasteiger partial charge in [0.05, 0.1) is 0 Å². The Morgan fingerprint density at radius 2 is 2.26 bits per heavy atom. The third kappa shape index (κ3) is 2.96. The lowest BCUT2D eigenvalue weighted by molar-refractivity contribution is 0.102. The van der Waals surface area contributed by atoms with Gasteiger partial charge < -0.3 is 0 Å². The molecule has 2 aromatic heterocycles. The van der Waals surface area contributed by atoms with Gasteiger partial charge in [-0.25, -0.2) is 0 Å². The molecule has 6 nitrogen and oxygen atoms in total. The van der Waals surface area contributed by atoms with Crippen LogP contribution in [0.25, 0.3) is 0 Å². The van der Waals surface area contributed by atoms with E-state index < -0.39 is 0 Å². The van der Waals surface area contributed by atoms with Gasteiger partial charge in [0.1, 0.15) is 5.82 Å². The molecule has 0 saturated heterocycles. The lowest BCUT2D eigenvalue weighted by Crippen LogP contribution is -2.15. The summed E-state index contributed by atoms with van der Waals surface area (Å²) in [6.07, 6.45) is 4.06. The fraction of sp³-hybridized carbons (Fsp3) is 0.385. The normalized spacial score (nSPS) is 10.7. The molecule has 0 bridgehead atoms. The highest BCUT2D eigenvalue weighted by Gasteiger charge is 2.13. The standard InChI is InChI=1S/C13H17N5O/c1-4-9-7-14-6-5-10(9)12(19)16-13-15-11(8(2)3)17-18-13/h5-8H,4H2,1-3H3,(H2,15,16,17,18,19). The third-order valence-electron chi connectivity index (χ3n) is 2.80. The molecule has 0 aliphatic carbocycles. The second kappa shape index (κ2) is 5.60. The average Bonchev–Trinajstić information content (AvgIpc) is 2.87. The maximum atomic E-state index is 12.1. The Balaban J connectivity index is 2.16. The first kappa shape index (κ1) is 13.2. The summed E-state index contributed by atoms with van der Waals surface area (Å²) in [4.78, 5) is 20.4. The first-order valence-corrected chi connectivity index (χ1v) is 6.28. The monoisotopic (exact) mass is 259 g/mol. The molecule has 0 aromatic carbocycles. The van der Waals surface area contributed by atoms with Crippen molar-refractivity contribution in [2.24, 2.45) is 0 Å². The molecule has 19 heavy (non-hydrogen) atoms. The minimum absolute atomic E-state index is 0.214. The number of H-pyrrole nitrogens is 1. The van der Waals surface area contributed by atoms with Gasteiger partial charge in [0, 0.05) is 23.9 Å². The van der Waals surface area contributed by atoms with Crippen LogP contribution in [0.15, 0.2) is 18.5 Å². The van der Waals surface area contributed by atoms with Crippen molar-refractivity contribution < 1.29 is 4.79 Å². The van der Waals surface area contributed by atoms with Crippen LogP contribution < -0.4 is 5.32 Å². The molecule has 2 aromatic rings. The van der Waals surface area contributed by atoms with Gasteiger partial charge in [-0.3, -0.25) is 20.2 Å². The number of pyridine rings is 1.